The molecule has 0 saturated carbocycles. The molecule has 1 aromatic heterocycles. The quantitative estimate of drug-likeness (QED) is 0.547. The average Bonchev–Trinajstić information content (AvgIpc) is 2.37. The molecule has 0 aromatic carbocycles. The van der Waals surface area contributed by atoms with E-state index >= 15 is 0 Å². The van der Waals surface area contributed by atoms with Crippen molar-refractivity contribution in [2.45, 2.75) is 19.9 Å². The van der Waals surface area contributed by atoms with Crippen LogP contribution in [0.3, 0.4) is 0 Å². The first-order chi connectivity index (χ1) is 5.24. The van der Waals surface area contributed by atoms with E-state index < -0.39 is 7.12 Å². The molecule has 0 radical (unpaired) electrons. The largest absolute Gasteiger partial charge is 0.510 e. The molecule has 1 heterocycles. The molecule has 60 valence electrons. The van der Waals surface area contributed by atoms with Crippen LogP contribution in [-0.4, -0.2) is 26.9 Å². The fourth-order valence-corrected chi connectivity index (χ4v) is 0.869. The summed E-state index contributed by atoms with van der Waals surface area (Å²) >= 11 is 0. The minimum absolute atomic E-state index is 0.304. The number of aryl methyl sites for hydroxylation is 1. The van der Waals surface area contributed by atoms with Crippen molar-refractivity contribution in [1.82, 2.24) is 9.78 Å². The van der Waals surface area contributed by atoms with E-state index in [1.165, 1.54) is 0 Å². The summed E-state index contributed by atoms with van der Waals surface area (Å²) < 4.78 is 1.69. The van der Waals surface area contributed by atoms with Crippen LogP contribution in [0.25, 0.3) is 0 Å². The summed E-state index contributed by atoms with van der Waals surface area (Å²) in [6, 6.07) is 1.60. The van der Waals surface area contributed by atoms with Crippen molar-refractivity contribution < 1.29 is 10.0 Å². The first kappa shape index (κ1) is 8.29. The topological polar surface area (TPSA) is 58.3 Å². The van der Waals surface area contributed by atoms with Crippen LogP contribution in [0, 0.1) is 0 Å². The predicted molar refractivity (Wildman–Crippen MR) is 42.3 cm³/mol. The molecule has 0 bridgehead atoms. The Morgan fingerprint density at radius 3 is 2.82 bits per heavy atom. The van der Waals surface area contributed by atoms with Gasteiger partial charge in [-0.1, -0.05) is 6.92 Å². The van der Waals surface area contributed by atoms with Crippen molar-refractivity contribution >= 4 is 12.7 Å². The zero-order valence-corrected chi connectivity index (χ0v) is 6.44. The molecular formula is C6H11BN2O2. The highest BCUT2D eigenvalue weighted by Gasteiger charge is 2.13. The highest BCUT2D eigenvalue weighted by atomic mass is 16.4. The van der Waals surface area contributed by atoms with Gasteiger partial charge in [0.15, 0.2) is 0 Å². The zero-order chi connectivity index (χ0) is 8.27. The highest BCUT2D eigenvalue weighted by Crippen LogP contribution is 1.86. The Labute approximate surface area is 65.6 Å². The van der Waals surface area contributed by atoms with E-state index in [9.17, 15) is 0 Å². The molecule has 0 aliphatic rings. The van der Waals surface area contributed by atoms with Crippen LogP contribution in [0.2, 0.25) is 0 Å². The lowest BCUT2D eigenvalue weighted by Gasteiger charge is -1.95. The number of hydrogen-bond acceptors (Lipinski definition) is 3. The number of nitrogens with zero attached hydrogens (tertiary/aromatic N) is 2. The maximum absolute atomic E-state index is 8.68. The fourth-order valence-electron chi connectivity index (χ4n) is 0.869. The van der Waals surface area contributed by atoms with Gasteiger partial charge < -0.3 is 10.0 Å². The third-order valence-corrected chi connectivity index (χ3v) is 1.38. The molecule has 4 nitrogen and oxygen atoms in total. The lowest BCUT2D eigenvalue weighted by molar-refractivity contribution is 0.423. The molecule has 0 amide bonds. The van der Waals surface area contributed by atoms with Crippen LogP contribution in [0.1, 0.15) is 13.3 Å². The Bertz CT molecular complexity index is 224. The predicted octanol–water partition coefficient (Wildman–Crippen LogP) is -1.03. The molecule has 0 unspecified atom stereocenters. The average molecular weight is 154 g/mol. The van der Waals surface area contributed by atoms with Crippen molar-refractivity contribution in [2.75, 3.05) is 0 Å². The Morgan fingerprint density at radius 1 is 1.64 bits per heavy atom. The Hall–Kier alpha value is -0.805. The van der Waals surface area contributed by atoms with Gasteiger partial charge in [0.1, 0.15) is 0 Å². The molecule has 0 fully saturated rings. The third-order valence-electron chi connectivity index (χ3n) is 1.38. The SMILES string of the molecule is CCCn1ccc(B(O)O)n1. The summed E-state index contributed by atoms with van der Waals surface area (Å²) in [6.45, 7) is 2.85. The Morgan fingerprint density at radius 2 is 2.36 bits per heavy atom. The molecule has 0 spiro atoms. The maximum Gasteiger partial charge on any atom is 0.510 e. The van der Waals surface area contributed by atoms with Crippen LogP contribution in [0.15, 0.2) is 12.3 Å². The molecule has 5 heteroatoms. The van der Waals surface area contributed by atoms with Gasteiger partial charge in [-0.05, 0) is 12.5 Å². The normalized spacial score (nSPS) is 10.1. The molecular weight excluding hydrogens is 143 g/mol. The molecule has 1 aromatic rings. The molecule has 1 rings (SSSR count). The van der Waals surface area contributed by atoms with E-state index in [2.05, 4.69) is 5.10 Å². The molecule has 2 N–H and O–H groups in total. The van der Waals surface area contributed by atoms with Gasteiger partial charge in [-0.3, -0.25) is 4.68 Å². The van der Waals surface area contributed by atoms with Gasteiger partial charge in [-0.15, -0.1) is 0 Å². The van der Waals surface area contributed by atoms with Gasteiger partial charge in [0.05, 0.1) is 5.59 Å². The lowest BCUT2D eigenvalue weighted by Crippen LogP contribution is -2.31. The van der Waals surface area contributed by atoms with E-state index in [4.69, 9.17) is 10.0 Å². The van der Waals surface area contributed by atoms with Gasteiger partial charge in [-0.25, -0.2) is 0 Å². The monoisotopic (exact) mass is 154 g/mol. The summed E-state index contributed by atoms with van der Waals surface area (Å²) in [5, 5.41) is 21.3. The van der Waals surface area contributed by atoms with Crippen LogP contribution >= 0.6 is 0 Å². The van der Waals surface area contributed by atoms with Crippen molar-refractivity contribution in [2.24, 2.45) is 0 Å². The molecule has 0 aliphatic carbocycles. The van der Waals surface area contributed by atoms with E-state index in [0.717, 1.165) is 13.0 Å². The summed E-state index contributed by atoms with van der Waals surface area (Å²) in [7, 11) is -1.45. The van der Waals surface area contributed by atoms with Crippen LogP contribution in [-0.2, 0) is 6.54 Å². The summed E-state index contributed by atoms with van der Waals surface area (Å²) in [4.78, 5) is 0. The van der Waals surface area contributed by atoms with Crippen molar-refractivity contribution in [1.29, 1.82) is 0 Å². The first-order valence-electron chi connectivity index (χ1n) is 3.63. The Balaban J connectivity index is 2.66. The second kappa shape index (κ2) is 3.55. The first-order valence-corrected chi connectivity index (χ1v) is 3.63. The third kappa shape index (κ3) is 2.06. The number of aromatic nitrogens is 2. The van der Waals surface area contributed by atoms with Gasteiger partial charge in [-0.2, -0.15) is 5.10 Å². The van der Waals surface area contributed by atoms with Crippen LogP contribution in [0.5, 0.6) is 0 Å². The van der Waals surface area contributed by atoms with Gasteiger partial charge in [0.25, 0.3) is 0 Å². The number of hydrogen-bond donors (Lipinski definition) is 2. The van der Waals surface area contributed by atoms with E-state index in [0.29, 0.717) is 5.59 Å². The smallest absolute Gasteiger partial charge is 0.422 e. The minimum atomic E-state index is -1.45. The molecule has 0 atom stereocenters. The Kier molecular flexibility index (Phi) is 2.67. The van der Waals surface area contributed by atoms with E-state index in [1.807, 2.05) is 6.92 Å². The van der Waals surface area contributed by atoms with Crippen molar-refractivity contribution in [3.05, 3.63) is 12.3 Å². The second-order valence-corrected chi connectivity index (χ2v) is 2.38. The molecule has 11 heavy (non-hydrogen) atoms. The van der Waals surface area contributed by atoms with E-state index in [-0.39, 0.29) is 0 Å². The van der Waals surface area contributed by atoms with Crippen molar-refractivity contribution in [3.8, 4) is 0 Å². The standard InChI is InChI=1S/C6H11BN2O2/c1-2-4-9-5-3-6(8-9)7(10)11/h3,5,10-11H,2,4H2,1H3. The molecule has 0 saturated heterocycles. The minimum Gasteiger partial charge on any atom is -0.422 e. The number of rotatable bonds is 3. The van der Waals surface area contributed by atoms with Gasteiger partial charge >= 0.3 is 7.12 Å². The summed E-state index contributed by atoms with van der Waals surface area (Å²) in [6.07, 6.45) is 2.72. The zero-order valence-electron chi connectivity index (χ0n) is 6.44. The van der Waals surface area contributed by atoms with Gasteiger partial charge in [0, 0.05) is 12.7 Å². The van der Waals surface area contributed by atoms with Gasteiger partial charge in [0.2, 0.25) is 0 Å². The lowest BCUT2D eigenvalue weighted by atomic mass is 9.87. The molecule has 0 aliphatic heterocycles. The second-order valence-electron chi connectivity index (χ2n) is 2.38. The fraction of sp³-hybridized carbons (Fsp3) is 0.500. The summed E-state index contributed by atoms with van der Waals surface area (Å²) in [5.41, 5.74) is 0.304. The van der Waals surface area contributed by atoms with Crippen LogP contribution < -0.4 is 5.59 Å². The van der Waals surface area contributed by atoms with Crippen molar-refractivity contribution in [3.63, 3.8) is 0 Å². The highest BCUT2D eigenvalue weighted by molar-refractivity contribution is 6.57. The summed E-state index contributed by atoms with van der Waals surface area (Å²) in [5.74, 6) is 0. The maximum atomic E-state index is 8.68. The van der Waals surface area contributed by atoms with E-state index in [1.54, 1.807) is 16.9 Å². The van der Waals surface area contributed by atoms with Crippen LogP contribution in [0.4, 0.5) is 0 Å².